The maximum atomic E-state index is 14.1. The van der Waals surface area contributed by atoms with Crippen molar-refractivity contribution in [3.63, 3.8) is 0 Å². The van der Waals surface area contributed by atoms with Gasteiger partial charge in [0.1, 0.15) is 0 Å². The van der Waals surface area contributed by atoms with Crippen LogP contribution < -0.4 is 0 Å². The third-order valence-electron chi connectivity index (χ3n) is 10.2. The standard InChI is InChI=1S/C35H49ClN4O2/c1-26(2)38-23-32(30-12-14-31(36)15-13-30)33(24-38)34(42)37-18-20-40(21-19-37)35(16-6-5-7-17-35)25-39(28(4)41)22-29-10-8-27(3)9-11-29/h8-15,26,32-33H,5-7,16-25H2,1-4H3/t32-,33+/m1/s1. The Bertz CT molecular complexity index is 1200. The van der Waals surface area contributed by atoms with Gasteiger partial charge in [-0.1, -0.05) is 72.8 Å². The zero-order valence-electron chi connectivity index (χ0n) is 26.0. The molecule has 0 bridgehead atoms. The molecule has 6 nitrogen and oxygen atoms in total. The van der Waals surface area contributed by atoms with Crippen molar-refractivity contribution in [1.82, 2.24) is 19.6 Å². The first-order valence-corrected chi connectivity index (χ1v) is 16.4. The zero-order valence-corrected chi connectivity index (χ0v) is 26.8. The number of halogens is 1. The van der Waals surface area contributed by atoms with E-state index < -0.39 is 0 Å². The average Bonchev–Trinajstić information content (AvgIpc) is 3.44. The van der Waals surface area contributed by atoms with Crippen LogP contribution >= 0.6 is 11.6 Å². The molecule has 0 radical (unpaired) electrons. The van der Waals surface area contributed by atoms with Gasteiger partial charge in [0.25, 0.3) is 0 Å². The maximum absolute atomic E-state index is 14.1. The normalized spacial score (nSPS) is 23.3. The summed E-state index contributed by atoms with van der Waals surface area (Å²) in [7, 11) is 0. The van der Waals surface area contributed by atoms with Crippen LogP contribution in [0.2, 0.25) is 5.02 Å². The van der Waals surface area contributed by atoms with E-state index in [9.17, 15) is 9.59 Å². The van der Waals surface area contributed by atoms with Crippen LogP contribution in [0.15, 0.2) is 48.5 Å². The van der Waals surface area contributed by atoms with Crippen LogP contribution in [0.25, 0.3) is 0 Å². The van der Waals surface area contributed by atoms with Crippen LogP contribution in [-0.4, -0.2) is 88.8 Å². The second kappa shape index (κ2) is 13.5. The lowest BCUT2D eigenvalue weighted by Gasteiger charge is -2.51. The van der Waals surface area contributed by atoms with Gasteiger partial charge in [-0.05, 0) is 56.9 Å². The number of likely N-dealkylation sites (tertiary alicyclic amines) is 1. The molecule has 3 aliphatic rings. The Morgan fingerprint density at radius 3 is 2.17 bits per heavy atom. The van der Waals surface area contributed by atoms with Crippen LogP contribution in [0.4, 0.5) is 0 Å². The molecule has 5 rings (SSSR count). The van der Waals surface area contributed by atoms with Gasteiger partial charge in [-0.2, -0.15) is 0 Å². The van der Waals surface area contributed by atoms with Gasteiger partial charge in [-0.3, -0.25) is 19.4 Å². The molecule has 3 fully saturated rings. The van der Waals surface area contributed by atoms with Crippen LogP contribution in [0, 0.1) is 12.8 Å². The number of rotatable bonds is 8. The van der Waals surface area contributed by atoms with E-state index in [4.69, 9.17) is 11.6 Å². The molecule has 0 N–H and O–H groups in total. The lowest BCUT2D eigenvalue weighted by Crippen LogP contribution is -2.63. The molecule has 0 unspecified atom stereocenters. The van der Waals surface area contributed by atoms with Crippen LogP contribution in [0.1, 0.15) is 75.5 Å². The number of aryl methyl sites for hydroxylation is 1. The van der Waals surface area contributed by atoms with Crippen molar-refractivity contribution in [2.45, 2.75) is 83.8 Å². The van der Waals surface area contributed by atoms with Gasteiger partial charge >= 0.3 is 0 Å². The molecule has 1 saturated carbocycles. The van der Waals surface area contributed by atoms with Crippen LogP contribution in [0.5, 0.6) is 0 Å². The number of carbonyl (C=O) groups is 2. The Morgan fingerprint density at radius 2 is 1.57 bits per heavy atom. The third kappa shape index (κ3) is 7.03. The summed E-state index contributed by atoms with van der Waals surface area (Å²) >= 11 is 6.19. The number of amides is 2. The Balaban J connectivity index is 1.28. The lowest BCUT2D eigenvalue weighted by molar-refractivity contribution is -0.139. The first kappa shape index (κ1) is 31.0. The van der Waals surface area contributed by atoms with Gasteiger partial charge < -0.3 is 9.80 Å². The predicted molar refractivity (Wildman–Crippen MR) is 171 cm³/mol. The van der Waals surface area contributed by atoms with Gasteiger partial charge in [-0.15, -0.1) is 0 Å². The first-order valence-electron chi connectivity index (χ1n) is 16.0. The fourth-order valence-corrected chi connectivity index (χ4v) is 7.65. The number of carbonyl (C=O) groups excluding carboxylic acids is 2. The molecule has 2 amide bonds. The van der Waals surface area contributed by atoms with Crippen molar-refractivity contribution in [2.75, 3.05) is 45.8 Å². The highest BCUT2D eigenvalue weighted by Gasteiger charge is 2.44. The summed E-state index contributed by atoms with van der Waals surface area (Å²) in [6.45, 7) is 14.6. The molecule has 2 atom stereocenters. The average molecular weight is 593 g/mol. The fraction of sp³-hybridized carbons (Fsp3) is 0.600. The van der Waals surface area contributed by atoms with E-state index in [0.717, 1.165) is 63.7 Å². The summed E-state index contributed by atoms with van der Waals surface area (Å²) < 4.78 is 0. The fourth-order valence-electron chi connectivity index (χ4n) is 7.52. The summed E-state index contributed by atoms with van der Waals surface area (Å²) in [6.07, 6.45) is 5.89. The summed E-state index contributed by atoms with van der Waals surface area (Å²) in [6, 6.07) is 17.0. The molecule has 2 aliphatic heterocycles. The van der Waals surface area contributed by atoms with E-state index in [1.54, 1.807) is 6.92 Å². The molecule has 2 saturated heterocycles. The Hall–Kier alpha value is -2.41. The molecule has 42 heavy (non-hydrogen) atoms. The lowest BCUT2D eigenvalue weighted by atomic mass is 9.79. The summed E-state index contributed by atoms with van der Waals surface area (Å²) in [4.78, 5) is 36.2. The number of hydrogen-bond acceptors (Lipinski definition) is 4. The van der Waals surface area contributed by atoms with E-state index in [0.29, 0.717) is 18.5 Å². The molecule has 2 aromatic rings. The van der Waals surface area contributed by atoms with Gasteiger partial charge in [0, 0.05) is 81.8 Å². The molecule has 2 aromatic carbocycles. The molecular weight excluding hydrogens is 544 g/mol. The number of piperazine rings is 1. The van der Waals surface area contributed by atoms with E-state index in [1.807, 2.05) is 12.1 Å². The maximum Gasteiger partial charge on any atom is 0.227 e. The Morgan fingerprint density at radius 1 is 0.929 bits per heavy atom. The van der Waals surface area contributed by atoms with Gasteiger partial charge in [0.05, 0.1) is 5.92 Å². The van der Waals surface area contributed by atoms with Crippen molar-refractivity contribution in [2.24, 2.45) is 5.92 Å². The minimum Gasteiger partial charge on any atom is -0.340 e. The highest BCUT2D eigenvalue weighted by atomic mass is 35.5. The topological polar surface area (TPSA) is 47.1 Å². The van der Waals surface area contributed by atoms with E-state index in [1.165, 1.54) is 36.0 Å². The van der Waals surface area contributed by atoms with Crippen LogP contribution in [-0.2, 0) is 16.1 Å². The Kier molecular flexibility index (Phi) is 9.96. The van der Waals surface area contributed by atoms with Gasteiger partial charge in [-0.25, -0.2) is 0 Å². The molecular formula is C35H49ClN4O2. The number of nitrogens with zero attached hydrogens (tertiary/aromatic N) is 4. The quantitative estimate of drug-likeness (QED) is 0.379. The van der Waals surface area contributed by atoms with Crippen LogP contribution in [0.3, 0.4) is 0 Å². The van der Waals surface area contributed by atoms with E-state index in [-0.39, 0.29) is 23.3 Å². The van der Waals surface area contributed by atoms with Crippen molar-refractivity contribution in [3.05, 3.63) is 70.2 Å². The zero-order chi connectivity index (χ0) is 29.9. The van der Waals surface area contributed by atoms with Gasteiger partial charge in [0.15, 0.2) is 0 Å². The SMILES string of the molecule is CC(=O)N(Cc1ccc(C)cc1)CC1(N2CCN(C(=O)[C@H]3CN(C(C)C)C[C@@H]3c3ccc(Cl)cc3)CC2)CCCCC1. The first-order chi connectivity index (χ1) is 20.1. The monoisotopic (exact) mass is 592 g/mol. The van der Waals surface area contributed by atoms with Crippen molar-refractivity contribution in [3.8, 4) is 0 Å². The van der Waals surface area contributed by atoms with Crippen molar-refractivity contribution >= 4 is 23.4 Å². The van der Waals surface area contributed by atoms with Crippen molar-refractivity contribution < 1.29 is 9.59 Å². The second-order valence-corrected chi connectivity index (χ2v) is 13.7. The molecule has 0 spiro atoms. The summed E-state index contributed by atoms with van der Waals surface area (Å²) in [5, 5.41) is 0.732. The highest BCUT2D eigenvalue weighted by Crippen LogP contribution is 2.38. The summed E-state index contributed by atoms with van der Waals surface area (Å²) in [5.41, 5.74) is 3.61. The third-order valence-corrected chi connectivity index (χ3v) is 10.4. The van der Waals surface area contributed by atoms with Crippen molar-refractivity contribution in [1.29, 1.82) is 0 Å². The Labute approximate surface area is 258 Å². The van der Waals surface area contributed by atoms with E-state index >= 15 is 0 Å². The molecule has 7 heteroatoms. The van der Waals surface area contributed by atoms with Gasteiger partial charge in [0.2, 0.25) is 11.8 Å². The molecule has 228 valence electrons. The molecule has 1 aliphatic carbocycles. The van der Waals surface area contributed by atoms with E-state index in [2.05, 4.69) is 76.8 Å². The highest BCUT2D eigenvalue weighted by molar-refractivity contribution is 6.30. The smallest absolute Gasteiger partial charge is 0.227 e. The largest absolute Gasteiger partial charge is 0.340 e. The minimum atomic E-state index is -0.0357. The number of hydrogen-bond donors (Lipinski definition) is 0. The molecule has 0 aromatic heterocycles. The predicted octanol–water partition coefficient (Wildman–Crippen LogP) is 5.97. The summed E-state index contributed by atoms with van der Waals surface area (Å²) in [5.74, 6) is 0.580. The minimum absolute atomic E-state index is 0.0165. The number of benzene rings is 2. The second-order valence-electron chi connectivity index (χ2n) is 13.3. The molecule has 2 heterocycles.